The molecule has 0 aliphatic heterocycles. The highest BCUT2D eigenvalue weighted by Crippen LogP contribution is 2.35. The number of nitrogens with zero attached hydrogens (tertiary/aromatic N) is 1. The lowest BCUT2D eigenvalue weighted by atomic mass is 9.79. The number of methoxy groups -OCH3 is 1. The van der Waals surface area contributed by atoms with Crippen molar-refractivity contribution in [2.45, 2.75) is 78.7 Å². The maximum absolute atomic E-state index is 14.8. The van der Waals surface area contributed by atoms with E-state index in [4.69, 9.17) is 14.6 Å². The lowest BCUT2D eigenvalue weighted by Gasteiger charge is -2.26. The van der Waals surface area contributed by atoms with E-state index in [0.717, 1.165) is 35.7 Å². The number of pyridine rings is 1. The molecule has 210 valence electrons. The van der Waals surface area contributed by atoms with Crippen molar-refractivity contribution in [3.63, 3.8) is 0 Å². The van der Waals surface area contributed by atoms with Crippen LogP contribution >= 0.6 is 0 Å². The molecule has 1 aliphatic carbocycles. The van der Waals surface area contributed by atoms with Crippen LogP contribution in [-0.2, 0) is 24.2 Å². The van der Waals surface area contributed by atoms with Gasteiger partial charge in [0.2, 0.25) is 5.88 Å². The number of hydrogen-bond acceptors (Lipinski definition) is 4. The van der Waals surface area contributed by atoms with Gasteiger partial charge in [0.25, 0.3) is 0 Å². The van der Waals surface area contributed by atoms with E-state index < -0.39 is 17.6 Å². The van der Waals surface area contributed by atoms with Crippen molar-refractivity contribution >= 4 is 5.97 Å². The molecule has 1 heterocycles. The Hall–Kier alpha value is -3.48. The van der Waals surface area contributed by atoms with E-state index in [1.54, 1.807) is 18.2 Å². The lowest BCUT2D eigenvalue weighted by Crippen LogP contribution is -2.15. The molecule has 0 bridgehead atoms. The zero-order chi connectivity index (χ0) is 28.4. The van der Waals surface area contributed by atoms with Gasteiger partial charge in [-0.1, -0.05) is 76.8 Å². The number of aromatic nitrogens is 1. The van der Waals surface area contributed by atoms with Gasteiger partial charge in [0.15, 0.2) is 11.6 Å². The van der Waals surface area contributed by atoms with Gasteiger partial charge < -0.3 is 14.6 Å². The van der Waals surface area contributed by atoms with E-state index in [0.29, 0.717) is 23.4 Å². The maximum atomic E-state index is 14.8. The number of aryl methyl sites for hydroxylation is 1. The van der Waals surface area contributed by atoms with Gasteiger partial charge in [0.05, 0.1) is 13.3 Å². The fourth-order valence-corrected chi connectivity index (χ4v) is 4.43. The highest BCUT2D eigenvalue weighted by Gasteiger charge is 2.22. The second-order valence-electron chi connectivity index (χ2n) is 10.8. The first-order valence-electron chi connectivity index (χ1n) is 13.6. The van der Waals surface area contributed by atoms with Crippen molar-refractivity contribution in [2.24, 2.45) is 5.41 Å². The van der Waals surface area contributed by atoms with Gasteiger partial charge >= 0.3 is 5.97 Å². The summed E-state index contributed by atoms with van der Waals surface area (Å²) >= 11 is 0. The first kappa shape index (κ1) is 30.1. The van der Waals surface area contributed by atoms with E-state index in [1.807, 2.05) is 18.2 Å². The highest BCUT2D eigenvalue weighted by molar-refractivity contribution is 5.69. The molecular formula is C32H39F2NO4. The van der Waals surface area contributed by atoms with Gasteiger partial charge in [-0.25, -0.2) is 13.8 Å². The molecule has 0 atom stereocenters. The molecule has 1 fully saturated rings. The van der Waals surface area contributed by atoms with Crippen molar-refractivity contribution in [1.29, 1.82) is 0 Å². The van der Waals surface area contributed by atoms with E-state index in [-0.39, 0.29) is 30.6 Å². The van der Waals surface area contributed by atoms with Gasteiger partial charge in [-0.3, -0.25) is 4.79 Å². The predicted molar refractivity (Wildman–Crippen MR) is 149 cm³/mol. The summed E-state index contributed by atoms with van der Waals surface area (Å²) in [6.07, 6.45) is 8.34. The topological polar surface area (TPSA) is 68.7 Å². The average molecular weight is 540 g/mol. The van der Waals surface area contributed by atoms with Gasteiger partial charge in [0, 0.05) is 18.1 Å². The van der Waals surface area contributed by atoms with Crippen molar-refractivity contribution in [2.75, 3.05) is 7.11 Å². The molecule has 0 unspecified atom stereocenters. The number of hydrogen-bond donors (Lipinski definition) is 1. The van der Waals surface area contributed by atoms with Crippen LogP contribution in [0.4, 0.5) is 8.78 Å². The number of carbonyl (C=O) groups is 1. The molecule has 2 aromatic carbocycles. The predicted octanol–water partition coefficient (Wildman–Crippen LogP) is 8.17. The van der Waals surface area contributed by atoms with Crippen LogP contribution < -0.4 is 9.47 Å². The third-order valence-corrected chi connectivity index (χ3v) is 6.49. The first-order chi connectivity index (χ1) is 18.6. The largest absolute Gasteiger partial charge is 0.486 e. The Bertz CT molecular complexity index is 1250. The van der Waals surface area contributed by atoms with E-state index in [1.165, 1.54) is 32.4 Å². The van der Waals surface area contributed by atoms with Crippen LogP contribution in [0.25, 0.3) is 11.1 Å². The van der Waals surface area contributed by atoms with E-state index in [2.05, 4.69) is 25.8 Å². The summed E-state index contributed by atoms with van der Waals surface area (Å²) in [5, 5.41) is 8.89. The monoisotopic (exact) mass is 539 g/mol. The van der Waals surface area contributed by atoms with Crippen LogP contribution in [0, 0.1) is 17.0 Å². The molecule has 1 N–H and O–H groups in total. The van der Waals surface area contributed by atoms with Gasteiger partial charge in [-0.2, -0.15) is 0 Å². The molecule has 5 nitrogen and oxygen atoms in total. The standard InChI is InChI=1S/C29H33F2NO4.C3H6/c1-5-13-29(2,3)16-21-14-19(9-11-22(21)23-15-26(35-4)32-17-24(23)30)18-36-25-8-6-7-20(28(25)31)10-12-27(33)34;1-2-3-1/h6-9,11,14-15,17H,5,10,12-13,16,18H2,1-4H3,(H,33,34);1-3H2. The molecule has 4 rings (SSSR count). The lowest BCUT2D eigenvalue weighted by molar-refractivity contribution is -0.136. The Morgan fingerprint density at radius 3 is 2.44 bits per heavy atom. The Kier molecular flexibility index (Phi) is 10.8. The van der Waals surface area contributed by atoms with E-state index >= 15 is 0 Å². The smallest absolute Gasteiger partial charge is 0.303 e. The minimum Gasteiger partial charge on any atom is -0.486 e. The number of rotatable bonds is 12. The zero-order valence-corrected chi connectivity index (χ0v) is 23.4. The van der Waals surface area contributed by atoms with Crippen LogP contribution in [0.3, 0.4) is 0 Å². The van der Waals surface area contributed by atoms with Crippen LogP contribution in [0.2, 0.25) is 0 Å². The molecule has 0 saturated heterocycles. The SMILES string of the molecule is C1CC1.CCCC(C)(C)Cc1cc(COc2cccc(CCC(=O)O)c2F)ccc1-c1cc(OC)ncc1F. The van der Waals surface area contributed by atoms with Crippen molar-refractivity contribution in [3.05, 3.63) is 77.0 Å². The summed E-state index contributed by atoms with van der Waals surface area (Å²) in [6.45, 7) is 6.62. The van der Waals surface area contributed by atoms with E-state index in [9.17, 15) is 13.6 Å². The van der Waals surface area contributed by atoms with Crippen LogP contribution in [-0.4, -0.2) is 23.2 Å². The summed E-state index contributed by atoms with van der Waals surface area (Å²) < 4.78 is 40.6. The number of aliphatic carboxylic acids is 1. The molecule has 7 heteroatoms. The second-order valence-corrected chi connectivity index (χ2v) is 10.8. The molecule has 1 aromatic heterocycles. The van der Waals surface area contributed by atoms with Crippen LogP contribution in [0.1, 0.15) is 76.0 Å². The minimum absolute atomic E-state index is 0.0127. The summed E-state index contributed by atoms with van der Waals surface area (Å²) in [5.74, 6) is -1.57. The first-order valence-corrected chi connectivity index (χ1v) is 13.6. The highest BCUT2D eigenvalue weighted by atomic mass is 19.1. The zero-order valence-electron chi connectivity index (χ0n) is 23.4. The van der Waals surface area contributed by atoms with Crippen molar-refractivity contribution in [3.8, 4) is 22.8 Å². The molecule has 0 radical (unpaired) electrons. The number of ether oxygens (including phenoxy) is 2. The number of halogens is 2. The van der Waals surface area contributed by atoms with Crippen LogP contribution in [0.5, 0.6) is 11.6 Å². The molecule has 0 amide bonds. The average Bonchev–Trinajstić information content (AvgIpc) is 3.77. The second kappa shape index (κ2) is 14.1. The molecule has 3 aromatic rings. The van der Waals surface area contributed by atoms with Gasteiger partial charge in [0.1, 0.15) is 12.4 Å². The normalized spacial score (nSPS) is 12.4. The Morgan fingerprint density at radius 1 is 1.05 bits per heavy atom. The molecule has 39 heavy (non-hydrogen) atoms. The summed E-state index contributed by atoms with van der Waals surface area (Å²) in [4.78, 5) is 14.8. The molecule has 0 spiro atoms. The number of benzene rings is 2. The number of carboxylic acid groups (broad SMARTS) is 1. The fraction of sp³-hybridized carbons (Fsp3) is 0.438. The summed E-state index contributed by atoms with van der Waals surface area (Å²) in [7, 11) is 1.49. The summed E-state index contributed by atoms with van der Waals surface area (Å²) in [6, 6.07) is 12.0. The van der Waals surface area contributed by atoms with Crippen LogP contribution in [0.15, 0.2) is 48.7 Å². The maximum Gasteiger partial charge on any atom is 0.303 e. The molecule has 1 saturated carbocycles. The molecular weight excluding hydrogens is 500 g/mol. The third-order valence-electron chi connectivity index (χ3n) is 6.49. The Morgan fingerprint density at radius 2 is 1.79 bits per heavy atom. The Labute approximate surface area is 230 Å². The van der Waals surface area contributed by atoms with Crippen molar-refractivity contribution < 1.29 is 28.2 Å². The fourth-order valence-electron chi connectivity index (χ4n) is 4.43. The summed E-state index contributed by atoms with van der Waals surface area (Å²) in [5.41, 5.74) is 3.22. The molecule has 1 aliphatic rings. The van der Waals surface area contributed by atoms with Crippen molar-refractivity contribution in [1.82, 2.24) is 4.98 Å². The minimum atomic E-state index is -0.984. The number of carboxylic acids is 1. The Balaban J connectivity index is 0.00000131. The quantitative estimate of drug-likeness (QED) is 0.251. The third kappa shape index (κ3) is 9.34. The van der Waals surface area contributed by atoms with Gasteiger partial charge in [-0.15, -0.1) is 0 Å². The van der Waals surface area contributed by atoms with Gasteiger partial charge in [-0.05, 0) is 53.0 Å².